The molecule has 226 valence electrons. The predicted octanol–water partition coefficient (Wildman–Crippen LogP) is 11.9. The zero-order valence-electron chi connectivity index (χ0n) is 26.2. The van der Waals surface area contributed by atoms with Gasteiger partial charge in [0.25, 0.3) is 0 Å². The summed E-state index contributed by atoms with van der Waals surface area (Å²) in [6.45, 7) is 3.95. The van der Waals surface area contributed by atoms with Crippen molar-refractivity contribution in [3.05, 3.63) is 133 Å². The first-order valence-electron chi connectivity index (χ1n) is 16.0. The van der Waals surface area contributed by atoms with E-state index >= 15 is 0 Å². The molecular formula is C42H26N4S2. The maximum absolute atomic E-state index is 5.02. The zero-order chi connectivity index (χ0) is 31.9. The lowest BCUT2D eigenvalue weighted by Gasteiger charge is -2.11. The van der Waals surface area contributed by atoms with Crippen LogP contribution in [0.2, 0.25) is 0 Å². The summed E-state index contributed by atoms with van der Waals surface area (Å²) >= 11 is 3.66. The highest BCUT2D eigenvalue weighted by Gasteiger charge is 2.16. The van der Waals surface area contributed by atoms with Gasteiger partial charge in [-0.05, 0) is 55.8 Å². The molecule has 0 saturated heterocycles. The van der Waals surface area contributed by atoms with Crippen molar-refractivity contribution >= 4 is 84.8 Å². The molecule has 6 heteroatoms. The molecule has 0 atom stereocenters. The Morgan fingerprint density at radius 3 is 1.83 bits per heavy atom. The number of benzene rings is 6. The van der Waals surface area contributed by atoms with E-state index in [2.05, 4.69) is 120 Å². The number of fused-ring (bicyclic) bond motifs is 8. The van der Waals surface area contributed by atoms with Crippen LogP contribution in [0.3, 0.4) is 0 Å². The largest absolute Gasteiger partial charge is 0.233 e. The van der Waals surface area contributed by atoms with Crippen LogP contribution in [0.25, 0.3) is 95.8 Å². The van der Waals surface area contributed by atoms with Crippen molar-refractivity contribution in [1.29, 1.82) is 0 Å². The molecule has 0 aliphatic carbocycles. The van der Waals surface area contributed by atoms with E-state index in [1.54, 1.807) is 0 Å². The second-order valence-electron chi connectivity index (χ2n) is 12.3. The average molecular weight is 651 g/mol. The number of thiophene rings is 2. The first-order valence-corrected chi connectivity index (χ1v) is 17.6. The number of nitrogens with zero attached hydrogens (tertiary/aromatic N) is 4. The van der Waals surface area contributed by atoms with Crippen molar-refractivity contribution < 1.29 is 0 Å². The van der Waals surface area contributed by atoms with Crippen LogP contribution < -0.4 is 0 Å². The Bertz CT molecular complexity index is 2940. The van der Waals surface area contributed by atoms with Crippen LogP contribution in [-0.2, 0) is 0 Å². The third-order valence-corrected chi connectivity index (χ3v) is 11.5. The Labute approximate surface area is 284 Å². The van der Waals surface area contributed by atoms with Crippen molar-refractivity contribution in [2.24, 2.45) is 0 Å². The summed E-state index contributed by atoms with van der Waals surface area (Å²) in [4.78, 5) is 19.5. The number of para-hydroxylation sites is 2. The van der Waals surface area contributed by atoms with Crippen LogP contribution >= 0.6 is 22.7 Å². The van der Waals surface area contributed by atoms with Crippen LogP contribution in [0.4, 0.5) is 0 Å². The van der Waals surface area contributed by atoms with Gasteiger partial charge >= 0.3 is 0 Å². The standard InChI is InChI=1S/C42H26N4S2/c1-23-43-35-12-5-3-9-32(35)40(44-23)26-16-19-37-34(20-26)31-17-14-25(21-38(31)48-37)28-10-7-11-33-41(45-24(2)46-42(28)33)27-15-18-30-29-8-4-6-13-36(29)47-39(30)22-27/h3-22H,1-2H3. The van der Waals surface area contributed by atoms with Gasteiger partial charge in [-0.2, -0.15) is 0 Å². The van der Waals surface area contributed by atoms with E-state index in [-0.39, 0.29) is 0 Å². The van der Waals surface area contributed by atoms with E-state index in [4.69, 9.17) is 15.0 Å². The molecule has 10 rings (SSSR count). The normalized spacial score (nSPS) is 12.0. The fraction of sp³-hybridized carbons (Fsp3) is 0.0476. The molecule has 0 fully saturated rings. The first kappa shape index (κ1) is 27.5. The minimum Gasteiger partial charge on any atom is -0.233 e. The van der Waals surface area contributed by atoms with E-state index < -0.39 is 0 Å². The molecule has 48 heavy (non-hydrogen) atoms. The van der Waals surface area contributed by atoms with Gasteiger partial charge in [-0.25, -0.2) is 19.9 Å². The van der Waals surface area contributed by atoms with Gasteiger partial charge in [0.1, 0.15) is 11.6 Å². The molecule has 0 saturated carbocycles. The van der Waals surface area contributed by atoms with Crippen LogP contribution in [0.1, 0.15) is 11.6 Å². The maximum Gasteiger partial charge on any atom is 0.126 e. The van der Waals surface area contributed by atoms with Crippen molar-refractivity contribution in [1.82, 2.24) is 19.9 Å². The van der Waals surface area contributed by atoms with Gasteiger partial charge in [0.2, 0.25) is 0 Å². The van der Waals surface area contributed by atoms with Gasteiger partial charge in [0.15, 0.2) is 0 Å². The molecule has 0 bridgehead atoms. The Hall–Kier alpha value is -5.56. The molecule has 0 amide bonds. The average Bonchev–Trinajstić information content (AvgIpc) is 3.67. The Morgan fingerprint density at radius 1 is 0.396 bits per heavy atom. The van der Waals surface area contributed by atoms with Crippen molar-refractivity contribution in [3.63, 3.8) is 0 Å². The van der Waals surface area contributed by atoms with Gasteiger partial charge < -0.3 is 0 Å². The minimum absolute atomic E-state index is 0.768. The second-order valence-corrected chi connectivity index (χ2v) is 14.5. The second kappa shape index (κ2) is 10.5. The lowest BCUT2D eigenvalue weighted by molar-refractivity contribution is 1.10. The van der Waals surface area contributed by atoms with E-state index in [1.165, 1.54) is 40.3 Å². The lowest BCUT2D eigenvalue weighted by Crippen LogP contribution is -1.96. The molecule has 0 spiro atoms. The fourth-order valence-corrected chi connectivity index (χ4v) is 9.37. The van der Waals surface area contributed by atoms with Gasteiger partial charge in [-0.1, -0.05) is 84.9 Å². The molecule has 0 unspecified atom stereocenters. The molecule has 6 aromatic carbocycles. The number of hydrogen-bond donors (Lipinski definition) is 0. The van der Waals surface area contributed by atoms with Crippen molar-refractivity contribution in [2.75, 3.05) is 0 Å². The minimum atomic E-state index is 0.768. The molecule has 4 heterocycles. The highest BCUT2D eigenvalue weighted by atomic mass is 32.1. The van der Waals surface area contributed by atoms with Crippen LogP contribution in [-0.4, -0.2) is 19.9 Å². The van der Waals surface area contributed by atoms with Gasteiger partial charge in [0, 0.05) is 67.8 Å². The Kier molecular flexibility index (Phi) is 6.01. The fourth-order valence-electron chi connectivity index (χ4n) is 7.09. The number of aromatic nitrogens is 4. The summed E-state index contributed by atoms with van der Waals surface area (Å²) in [6, 6.07) is 43.6. The summed E-state index contributed by atoms with van der Waals surface area (Å²) in [6.07, 6.45) is 0. The summed E-state index contributed by atoms with van der Waals surface area (Å²) < 4.78 is 5.09. The molecule has 4 nitrogen and oxygen atoms in total. The predicted molar refractivity (Wildman–Crippen MR) is 204 cm³/mol. The van der Waals surface area contributed by atoms with Crippen molar-refractivity contribution in [3.8, 4) is 33.6 Å². The highest BCUT2D eigenvalue weighted by molar-refractivity contribution is 7.26. The summed E-state index contributed by atoms with van der Waals surface area (Å²) in [5, 5.41) is 7.22. The third-order valence-electron chi connectivity index (χ3n) is 9.26. The molecule has 0 aliphatic heterocycles. The van der Waals surface area contributed by atoms with Crippen LogP contribution in [0, 0.1) is 13.8 Å². The lowest BCUT2D eigenvalue weighted by atomic mass is 9.97. The van der Waals surface area contributed by atoms with E-state index in [9.17, 15) is 0 Å². The summed E-state index contributed by atoms with van der Waals surface area (Å²) in [5.74, 6) is 1.55. The molecule has 0 aliphatic rings. The number of aryl methyl sites for hydroxylation is 2. The van der Waals surface area contributed by atoms with E-state index in [1.807, 2.05) is 42.6 Å². The van der Waals surface area contributed by atoms with Gasteiger partial charge in [0.05, 0.1) is 22.4 Å². The molecule has 0 N–H and O–H groups in total. The Morgan fingerprint density at radius 2 is 0.979 bits per heavy atom. The van der Waals surface area contributed by atoms with Gasteiger partial charge in [-0.3, -0.25) is 0 Å². The third kappa shape index (κ3) is 4.27. The first-order chi connectivity index (χ1) is 23.6. The monoisotopic (exact) mass is 650 g/mol. The smallest absolute Gasteiger partial charge is 0.126 e. The summed E-state index contributed by atoms with van der Waals surface area (Å²) in [7, 11) is 0. The highest BCUT2D eigenvalue weighted by Crippen LogP contribution is 2.42. The van der Waals surface area contributed by atoms with Gasteiger partial charge in [-0.15, -0.1) is 22.7 Å². The van der Waals surface area contributed by atoms with Crippen LogP contribution in [0.5, 0.6) is 0 Å². The number of hydrogen-bond acceptors (Lipinski definition) is 6. The quantitative estimate of drug-likeness (QED) is 0.191. The SMILES string of the molecule is Cc1nc(-c2ccc3sc4cc(-c5cccc6c(-c7ccc8c(c7)sc7ccccc78)nc(C)nc56)ccc4c3c2)c2ccccc2n1. The van der Waals surface area contributed by atoms with E-state index in [0.29, 0.717) is 0 Å². The van der Waals surface area contributed by atoms with Crippen LogP contribution in [0.15, 0.2) is 121 Å². The number of rotatable bonds is 3. The Balaban J connectivity index is 1.10. The molecule has 0 radical (unpaired) electrons. The maximum atomic E-state index is 5.02. The molecule has 4 aromatic heterocycles. The molecule has 10 aromatic rings. The summed E-state index contributed by atoms with van der Waals surface area (Å²) in [5.41, 5.74) is 8.39. The van der Waals surface area contributed by atoms with Crippen molar-refractivity contribution in [2.45, 2.75) is 13.8 Å². The zero-order valence-corrected chi connectivity index (χ0v) is 27.8. The topological polar surface area (TPSA) is 51.6 Å². The van der Waals surface area contributed by atoms with E-state index in [0.717, 1.165) is 67.1 Å². The molecular weight excluding hydrogens is 625 g/mol.